The molecule has 0 spiro atoms. The number of aliphatic carboxylic acids is 1. The lowest BCUT2D eigenvalue weighted by Crippen LogP contribution is -2.24. The molecular formula is C12H18N2O2. The second-order valence-electron chi connectivity index (χ2n) is 3.67. The van der Waals surface area contributed by atoms with Gasteiger partial charge in [0.1, 0.15) is 0 Å². The summed E-state index contributed by atoms with van der Waals surface area (Å²) >= 11 is 0. The van der Waals surface area contributed by atoms with E-state index in [9.17, 15) is 4.79 Å². The topological polar surface area (TPSA) is 66.6 Å². The number of carboxylic acid groups (broad SMARTS) is 1. The molecule has 0 amide bonds. The van der Waals surface area contributed by atoms with Crippen LogP contribution in [0.3, 0.4) is 0 Å². The predicted molar refractivity (Wildman–Crippen MR) is 65.6 cm³/mol. The van der Waals surface area contributed by atoms with Crippen molar-refractivity contribution in [1.29, 1.82) is 0 Å². The SMILES string of the molecule is CCN(CCCC(=O)O)c1ccc(N)cc1. The molecule has 0 atom stereocenters. The molecule has 0 saturated heterocycles. The van der Waals surface area contributed by atoms with Crippen molar-refractivity contribution in [1.82, 2.24) is 0 Å². The minimum absolute atomic E-state index is 0.214. The Labute approximate surface area is 95.7 Å². The Morgan fingerprint density at radius 2 is 2.00 bits per heavy atom. The van der Waals surface area contributed by atoms with E-state index in [1.54, 1.807) is 0 Å². The number of carboxylic acids is 1. The van der Waals surface area contributed by atoms with Crippen LogP contribution in [0.15, 0.2) is 24.3 Å². The number of carbonyl (C=O) groups is 1. The molecule has 0 aliphatic carbocycles. The first-order chi connectivity index (χ1) is 7.63. The van der Waals surface area contributed by atoms with Crippen LogP contribution in [0.2, 0.25) is 0 Å². The highest BCUT2D eigenvalue weighted by Crippen LogP contribution is 2.16. The van der Waals surface area contributed by atoms with E-state index in [4.69, 9.17) is 10.8 Å². The number of hydrogen-bond donors (Lipinski definition) is 2. The third kappa shape index (κ3) is 3.81. The summed E-state index contributed by atoms with van der Waals surface area (Å²) in [7, 11) is 0. The maximum absolute atomic E-state index is 10.4. The van der Waals surface area contributed by atoms with Gasteiger partial charge in [0.15, 0.2) is 0 Å². The molecule has 0 unspecified atom stereocenters. The summed E-state index contributed by atoms with van der Waals surface area (Å²) in [4.78, 5) is 12.6. The van der Waals surface area contributed by atoms with Crippen LogP contribution in [0.5, 0.6) is 0 Å². The fourth-order valence-corrected chi connectivity index (χ4v) is 1.58. The quantitative estimate of drug-likeness (QED) is 0.722. The number of nitrogens with two attached hydrogens (primary N) is 1. The van der Waals surface area contributed by atoms with E-state index >= 15 is 0 Å². The summed E-state index contributed by atoms with van der Waals surface area (Å²) < 4.78 is 0. The predicted octanol–water partition coefficient (Wildman–Crippen LogP) is 1.96. The van der Waals surface area contributed by atoms with Crippen LogP contribution in [0.1, 0.15) is 19.8 Å². The molecular weight excluding hydrogens is 204 g/mol. The summed E-state index contributed by atoms with van der Waals surface area (Å²) in [6, 6.07) is 7.63. The van der Waals surface area contributed by atoms with Crippen molar-refractivity contribution in [3.63, 3.8) is 0 Å². The molecule has 4 heteroatoms. The Kier molecular flexibility index (Phi) is 4.64. The van der Waals surface area contributed by atoms with E-state index in [1.165, 1.54) is 0 Å². The lowest BCUT2D eigenvalue weighted by molar-refractivity contribution is -0.137. The van der Waals surface area contributed by atoms with Gasteiger partial charge >= 0.3 is 5.97 Å². The molecule has 0 heterocycles. The smallest absolute Gasteiger partial charge is 0.303 e. The molecule has 1 aromatic rings. The molecule has 0 aliphatic rings. The molecule has 16 heavy (non-hydrogen) atoms. The van der Waals surface area contributed by atoms with Gasteiger partial charge in [0, 0.05) is 30.9 Å². The van der Waals surface area contributed by atoms with Gasteiger partial charge in [0.25, 0.3) is 0 Å². The lowest BCUT2D eigenvalue weighted by atomic mass is 10.2. The first-order valence-electron chi connectivity index (χ1n) is 5.45. The Bertz CT molecular complexity index is 335. The van der Waals surface area contributed by atoms with E-state index in [0.717, 1.165) is 24.5 Å². The van der Waals surface area contributed by atoms with Crippen LogP contribution in [0.4, 0.5) is 11.4 Å². The third-order valence-electron chi connectivity index (χ3n) is 2.46. The van der Waals surface area contributed by atoms with Crippen molar-refractivity contribution in [2.24, 2.45) is 0 Å². The Morgan fingerprint density at radius 3 is 2.50 bits per heavy atom. The number of rotatable bonds is 6. The van der Waals surface area contributed by atoms with E-state index in [2.05, 4.69) is 11.8 Å². The van der Waals surface area contributed by atoms with Gasteiger partial charge in [-0.25, -0.2) is 0 Å². The van der Waals surface area contributed by atoms with Crippen molar-refractivity contribution in [2.75, 3.05) is 23.7 Å². The molecule has 1 rings (SSSR count). The second kappa shape index (κ2) is 6.00. The largest absolute Gasteiger partial charge is 0.481 e. The Morgan fingerprint density at radius 1 is 1.38 bits per heavy atom. The fourth-order valence-electron chi connectivity index (χ4n) is 1.58. The minimum atomic E-state index is -0.742. The number of anilines is 2. The first kappa shape index (κ1) is 12.4. The van der Waals surface area contributed by atoms with Crippen molar-refractivity contribution >= 4 is 17.3 Å². The van der Waals surface area contributed by atoms with Crippen LogP contribution in [-0.2, 0) is 4.79 Å². The van der Waals surface area contributed by atoms with Gasteiger partial charge in [-0.05, 0) is 37.6 Å². The van der Waals surface area contributed by atoms with Gasteiger partial charge in [-0.15, -0.1) is 0 Å². The highest BCUT2D eigenvalue weighted by atomic mass is 16.4. The maximum atomic E-state index is 10.4. The molecule has 0 aromatic heterocycles. The average molecular weight is 222 g/mol. The number of hydrogen-bond acceptors (Lipinski definition) is 3. The van der Waals surface area contributed by atoms with Crippen LogP contribution in [0.25, 0.3) is 0 Å². The zero-order chi connectivity index (χ0) is 12.0. The zero-order valence-electron chi connectivity index (χ0n) is 9.52. The molecule has 0 bridgehead atoms. The summed E-state index contributed by atoms with van der Waals surface area (Å²) in [5.41, 5.74) is 7.44. The van der Waals surface area contributed by atoms with Crippen molar-refractivity contribution in [3.05, 3.63) is 24.3 Å². The zero-order valence-corrected chi connectivity index (χ0v) is 9.52. The molecule has 88 valence electrons. The standard InChI is InChI=1S/C12H18N2O2/c1-2-14(9-3-4-12(15)16)11-7-5-10(13)6-8-11/h5-8H,2-4,9,13H2,1H3,(H,15,16). The summed E-state index contributed by atoms with van der Waals surface area (Å²) in [6.07, 6.45) is 0.874. The lowest BCUT2D eigenvalue weighted by Gasteiger charge is -2.22. The molecule has 1 aromatic carbocycles. The highest BCUT2D eigenvalue weighted by molar-refractivity contribution is 5.66. The molecule has 4 nitrogen and oxygen atoms in total. The van der Waals surface area contributed by atoms with Crippen molar-refractivity contribution < 1.29 is 9.90 Å². The first-order valence-corrected chi connectivity index (χ1v) is 5.45. The molecule has 3 N–H and O–H groups in total. The third-order valence-corrected chi connectivity index (χ3v) is 2.46. The van der Waals surface area contributed by atoms with Gasteiger partial charge < -0.3 is 15.7 Å². The Hall–Kier alpha value is -1.71. The molecule has 0 radical (unpaired) electrons. The van der Waals surface area contributed by atoms with Crippen LogP contribution >= 0.6 is 0 Å². The Balaban J connectivity index is 2.53. The number of benzene rings is 1. The van der Waals surface area contributed by atoms with Gasteiger partial charge in [-0.2, -0.15) is 0 Å². The van der Waals surface area contributed by atoms with E-state index in [0.29, 0.717) is 6.42 Å². The van der Waals surface area contributed by atoms with Crippen LogP contribution in [-0.4, -0.2) is 24.2 Å². The summed E-state index contributed by atoms with van der Waals surface area (Å²) in [6.45, 7) is 3.67. The van der Waals surface area contributed by atoms with Crippen LogP contribution < -0.4 is 10.6 Å². The monoisotopic (exact) mass is 222 g/mol. The molecule has 0 saturated carbocycles. The normalized spacial score (nSPS) is 10.1. The number of nitrogens with zero attached hydrogens (tertiary/aromatic N) is 1. The van der Waals surface area contributed by atoms with Gasteiger partial charge in [0.05, 0.1) is 0 Å². The fraction of sp³-hybridized carbons (Fsp3) is 0.417. The van der Waals surface area contributed by atoms with E-state index in [-0.39, 0.29) is 6.42 Å². The number of nitrogen functional groups attached to an aromatic ring is 1. The average Bonchev–Trinajstić information content (AvgIpc) is 2.26. The van der Waals surface area contributed by atoms with Gasteiger partial charge in [-0.1, -0.05) is 0 Å². The summed E-state index contributed by atoms with van der Waals surface area (Å²) in [5.74, 6) is -0.742. The molecule has 0 fully saturated rings. The van der Waals surface area contributed by atoms with Crippen molar-refractivity contribution in [2.45, 2.75) is 19.8 Å². The highest BCUT2D eigenvalue weighted by Gasteiger charge is 2.05. The van der Waals surface area contributed by atoms with Crippen LogP contribution in [0, 0.1) is 0 Å². The van der Waals surface area contributed by atoms with E-state index < -0.39 is 5.97 Å². The van der Waals surface area contributed by atoms with Crippen molar-refractivity contribution in [3.8, 4) is 0 Å². The van der Waals surface area contributed by atoms with Gasteiger partial charge in [-0.3, -0.25) is 4.79 Å². The van der Waals surface area contributed by atoms with Gasteiger partial charge in [0.2, 0.25) is 0 Å². The maximum Gasteiger partial charge on any atom is 0.303 e. The second-order valence-corrected chi connectivity index (χ2v) is 3.67. The minimum Gasteiger partial charge on any atom is -0.481 e. The van der Waals surface area contributed by atoms with E-state index in [1.807, 2.05) is 24.3 Å². The molecule has 0 aliphatic heterocycles. The summed E-state index contributed by atoms with van der Waals surface area (Å²) in [5, 5.41) is 8.57.